The summed E-state index contributed by atoms with van der Waals surface area (Å²) in [6.45, 7) is 5.64. The van der Waals surface area contributed by atoms with E-state index in [0.717, 1.165) is 34.7 Å². The number of thiocarbonyl (C=S) groups is 1. The fraction of sp³-hybridized carbons (Fsp3) is 0.412. The Morgan fingerprint density at radius 3 is 2.81 bits per heavy atom. The largest absolute Gasteiger partial charge is 0.389 e. The highest BCUT2D eigenvalue weighted by Crippen LogP contribution is 2.29. The second-order valence-corrected chi connectivity index (χ2v) is 6.52. The van der Waals surface area contributed by atoms with Crippen molar-refractivity contribution >= 4 is 33.9 Å². The van der Waals surface area contributed by atoms with Gasteiger partial charge in [0.1, 0.15) is 10.8 Å². The molecule has 2 atom stereocenters. The minimum absolute atomic E-state index is 0.438. The van der Waals surface area contributed by atoms with Gasteiger partial charge in [-0.05, 0) is 37.8 Å². The number of nitrogens with two attached hydrogens (primary N) is 1. The molecule has 4 heteroatoms. The maximum absolute atomic E-state index is 5.92. The Morgan fingerprint density at radius 1 is 1.33 bits per heavy atom. The third kappa shape index (κ3) is 2.72. The Balaban J connectivity index is 2.09. The zero-order valence-electron chi connectivity index (χ0n) is 12.5. The molecule has 0 saturated carbocycles. The van der Waals surface area contributed by atoms with Crippen molar-refractivity contribution in [1.82, 2.24) is 4.98 Å². The predicted octanol–water partition coefficient (Wildman–Crippen LogP) is 3.49. The lowest BCUT2D eigenvalue weighted by molar-refractivity contribution is 0.376. The molecule has 1 aliphatic heterocycles. The van der Waals surface area contributed by atoms with Crippen LogP contribution in [-0.2, 0) is 0 Å². The highest BCUT2D eigenvalue weighted by Gasteiger charge is 2.24. The number of benzene rings is 1. The molecule has 2 aromatic rings. The van der Waals surface area contributed by atoms with E-state index >= 15 is 0 Å². The Kier molecular flexibility index (Phi) is 3.81. The van der Waals surface area contributed by atoms with Crippen LogP contribution in [0.2, 0.25) is 0 Å². The Bertz CT molecular complexity index is 683. The summed E-state index contributed by atoms with van der Waals surface area (Å²) >= 11 is 5.23. The van der Waals surface area contributed by atoms with E-state index in [1.807, 2.05) is 24.3 Å². The third-order valence-electron chi connectivity index (χ3n) is 4.40. The van der Waals surface area contributed by atoms with Crippen LogP contribution in [0.4, 0.5) is 5.82 Å². The molecule has 21 heavy (non-hydrogen) atoms. The van der Waals surface area contributed by atoms with Crippen LogP contribution in [0.25, 0.3) is 10.9 Å². The summed E-state index contributed by atoms with van der Waals surface area (Å²) in [7, 11) is 0. The molecular weight excluding hydrogens is 278 g/mol. The highest BCUT2D eigenvalue weighted by atomic mass is 32.1. The summed E-state index contributed by atoms with van der Waals surface area (Å²) < 4.78 is 0. The van der Waals surface area contributed by atoms with E-state index in [1.54, 1.807) is 0 Å². The first-order valence-electron chi connectivity index (χ1n) is 7.52. The topological polar surface area (TPSA) is 42.1 Å². The fourth-order valence-electron chi connectivity index (χ4n) is 3.26. The molecule has 0 aliphatic carbocycles. The van der Waals surface area contributed by atoms with Gasteiger partial charge in [-0.3, -0.25) is 0 Å². The summed E-state index contributed by atoms with van der Waals surface area (Å²) in [5, 5.41) is 1.03. The molecule has 2 unspecified atom stereocenters. The summed E-state index contributed by atoms with van der Waals surface area (Å²) in [5.74, 6) is 1.78. The molecule has 1 fully saturated rings. The maximum Gasteiger partial charge on any atom is 0.130 e. The lowest BCUT2D eigenvalue weighted by Gasteiger charge is -2.37. The molecule has 1 aromatic carbocycles. The second-order valence-electron chi connectivity index (χ2n) is 6.08. The lowest BCUT2D eigenvalue weighted by atomic mass is 9.93. The van der Waals surface area contributed by atoms with E-state index in [1.165, 1.54) is 12.8 Å². The monoisotopic (exact) mass is 299 g/mol. The standard InChI is InChI=1S/C17H21N3S/c1-11-7-8-20(12(2)9-11)16-10-14(17(18)21)13-5-3-4-6-15(13)19-16/h3-6,10-12H,7-9H2,1-2H3,(H2,18,21). The molecule has 3 rings (SSSR count). The average molecular weight is 299 g/mol. The Labute approximate surface area is 131 Å². The Hall–Kier alpha value is -1.68. The van der Waals surface area contributed by atoms with E-state index in [9.17, 15) is 0 Å². The molecular formula is C17H21N3S. The molecule has 0 radical (unpaired) electrons. The van der Waals surface area contributed by atoms with Gasteiger partial charge in [-0.2, -0.15) is 0 Å². The van der Waals surface area contributed by atoms with Crippen molar-refractivity contribution in [3.05, 3.63) is 35.9 Å². The highest BCUT2D eigenvalue weighted by molar-refractivity contribution is 7.80. The van der Waals surface area contributed by atoms with Crippen LogP contribution < -0.4 is 10.6 Å². The molecule has 0 spiro atoms. The number of nitrogens with zero attached hydrogens (tertiary/aromatic N) is 2. The van der Waals surface area contributed by atoms with Gasteiger partial charge in [0.2, 0.25) is 0 Å². The molecule has 3 nitrogen and oxygen atoms in total. The first-order valence-corrected chi connectivity index (χ1v) is 7.93. The maximum atomic E-state index is 5.92. The number of hydrogen-bond acceptors (Lipinski definition) is 3. The van der Waals surface area contributed by atoms with Gasteiger partial charge >= 0.3 is 0 Å². The number of pyridine rings is 1. The first kappa shape index (κ1) is 14.3. The third-order valence-corrected chi connectivity index (χ3v) is 4.62. The van der Waals surface area contributed by atoms with Gasteiger partial charge in [0.05, 0.1) is 5.52 Å². The van der Waals surface area contributed by atoms with Crippen molar-refractivity contribution in [2.45, 2.75) is 32.7 Å². The SMILES string of the molecule is CC1CCN(c2cc(C(N)=S)c3ccccc3n2)C(C)C1. The van der Waals surface area contributed by atoms with Crippen LogP contribution in [0.1, 0.15) is 32.3 Å². The van der Waals surface area contributed by atoms with Crippen LogP contribution >= 0.6 is 12.2 Å². The molecule has 0 bridgehead atoms. The summed E-state index contributed by atoms with van der Waals surface area (Å²) in [5.41, 5.74) is 7.81. The van der Waals surface area contributed by atoms with Crippen molar-refractivity contribution < 1.29 is 0 Å². The number of fused-ring (bicyclic) bond motifs is 1. The van der Waals surface area contributed by atoms with Gasteiger partial charge in [-0.25, -0.2) is 4.98 Å². The minimum atomic E-state index is 0.438. The fourth-order valence-corrected chi connectivity index (χ4v) is 3.43. The average Bonchev–Trinajstić information content (AvgIpc) is 2.46. The molecule has 1 aromatic heterocycles. The van der Waals surface area contributed by atoms with E-state index in [0.29, 0.717) is 11.0 Å². The van der Waals surface area contributed by atoms with Crippen LogP contribution in [-0.4, -0.2) is 22.6 Å². The van der Waals surface area contributed by atoms with Crippen molar-refractivity contribution in [3.8, 4) is 0 Å². The molecule has 110 valence electrons. The first-order chi connectivity index (χ1) is 10.1. The number of para-hydroxylation sites is 1. The van der Waals surface area contributed by atoms with Gasteiger partial charge in [-0.1, -0.05) is 37.3 Å². The van der Waals surface area contributed by atoms with Crippen LogP contribution in [0.3, 0.4) is 0 Å². The van der Waals surface area contributed by atoms with Crippen molar-refractivity contribution in [1.29, 1.82) is 0 Å². The number of rotatable bonds is 2. The number of aromatic nitrogens is 1. The van der Waals surface area contributed by atoms with E-state index in [2.05, 4.69) is 24.8 Å². The quantitative estimate of drug-likeness (QED) is 0.862. The molecule has 0 amide bonds. The summed E-state index contributed by atoms with van der Waals surface area (Å²) in [4.78, 5) is 7.65. The van der Waals surface area contributed by atoms with E-state index in [4.69, 9.17) is 22.9 Å². The second kappa shape index (κ2) is 5.60. The zero-order chi connectivity index (χ0) is 15.0. The van der Waals surface area contributed by atoms with Gasteiger partial charge in [0.15, 0.2) is 0 Å². The number of anilines is 1. The zero-order valence-corrected chi connectivity index (χ0v) is 13.4. The molecule has 2 N–H and O–H groups in total. The van der Waals surface area contributed by atoms with Gasteiger partial charge in [-0.15, -0.1) is 0 Å². The van der Waals surface area contributed by atoms with Gasteiger partial charge in [0, 0.05) is 23.5 Å². The van der Waals surface area contributed by atoms with Crippen LogP contribution in [0.5, 0.6) is 0 Å². The summed E-state index contributed by atoms with van der Waals surface area (Å²) in [6.07, 6.45) is 2.41. The van der Waals surface area contributed by atoms with E-state index in [-0.39, 0.29) is 0 Å². The Morgan fingerprint density at radius 2 is 2.10 bits per heavy atom. The van der Waals surface area contributed by atoms with E-state index < -0.39 is 0 Å². The smallest absolute Gasteiger partial charge is 0.130 e. The molecule has 1 aliphatic rings. The molecule has 1 saturated heterocycles. The molecule has 2 heterocycles. The lowest BCUT2D eigenvalue weighted by Crippen LogP contribution is -2.40. The van der Waals surface area contributed by atoms with Gasteiger partial charge < -0.3 is 10.6 Å². The summed E-state index contributed by atoms with van der Waals surface area (Å²) in [6, 6.07) is 10.6. The van der Waals surface area contributed by atoms with Crippen molar-refractivity contribution in [2.75, 3.05) is 11.4 Å². The van der Waals surface area contributed by atoms with Crippen molar-refractivity contribution in [2.24, 2.45) is 11.7 Å². The normalized spacial score (nSPS) is 22.5. The van der Waals surface area contributed by atoms with Crippen LogP contribution in [0, 0.1) is 5.92 Å². The number of piperidine rings is 1. The van der Waals surface area contributed by atoms with Crippen LogP contribution in [0.15, 0.2) is 30.3 Å². The predicted molar refractivity (Wildman–Crippen MR) is 92.8 cm³/mol. The number of hydrogen-bond donors (Lipinski definition) is 1. The van der Waals surface area contributed by atoms with Gasteiger partial charge in [0.25, 0.3) is 0 Å². The van der Waals surface area contributed by atoms with Crippen molar-refractivity contribution in [3.63, 3.8) is 0 Å². The minimum Gasteiger partial charge on any atom is -0.389 e.